The van der Waals surface area contributed by atoms with Crippen molar-refractivity contribution < 1.29 is 108 Å². The molecule has 14 atom stereocenters. The van der Waals surface area contributed by atoms with Gasteiger partial charge in [0.2, 0.25) is 41.6 Å². The van der Waals surface area contributed by atoms with Gasteiger partial charge >= 0.3 is 6.03 Å². The molecule has 4 aliphatic carbocycles. The molecule has 4 saturated carbocycles. The Morgan fingerprint density at radius 2 is 1.30 bits per heavy atom. The number of phenols is 3. The van der Waals surface area contributed by atoms with E-state index in [1.54, 1.807) is 19.1 Å². The molecular weight excluding hydrogens is 1540 g/mol. The number of nitrogens with two attached hydrogens (primary N) is 1. The number of urea groups is 1. The molecule has 0 unspecified atom stereocenters. The maximum absolute atomic E-state index is 16.6. The zero-order valence-corrected chi connectivity index (χ0v) is 65.8. The van der Waals surface area contributed by atoms with Crippen LogP contribution in [-0.2, 0) is 43.1 Å². The highest BCUT2D eigenvalue weighted by Gasteiger charge is 2.51. The number of hydrogen-bond acceptors (Lipinski definition) is 24. The lowest BCUT2D eigenvalue weighted by atomic mass is 9.51. The number of nitrogens with zero attached hydrogens (tertiary/aromatic N) is 1. The van der Waals surface area contributed by atoms with E-state index in [1.807, 2.05) is 32.8 Å². The number of Topliss-reactive ketones (excluding diaryl/α,β-unsaturated/α-hetero) is 3. The molecule has 16 N–H and O–H groups in total. The van der Waals surface area contributed by atoms with Crippen LogP contribution in [0.15, 0.2) is 103 Å². The fourth-order valence-corrected chi connectivity index (χ4v) is 18.1. The smallest absolute Gasteiger partial charge is 0.325 e. The average Bonchev–Trinajstić information content (AvgIpc) is 0.764. The summed E-state index contributed by atoms with van der Waals surface area (Å²) in [5, 5.41) is 110. The van der Waals surface area contributed by atoms with Gasteiger partial charge in [-0.3, -0.25) is 43.7 Å². The Bertz CT molecular complexity index is 4750. The van der Waals surface area contributed by atoms with Crippen molar-refractivity contribution in [2.45, 2.75) is 164 Å². The summed E-state index contributed by atoms with van der Waals surface area (Å²) in [5.74, 6) is -15.3. The van der Waals surface area contributed by atoms with Crippen LogP contribution in [0.4, 0.5) is 10.5 Å². The van der Waals surface area contributed by atoms with Crippen molar-refractivity contribution in [2.75, 3.05) is 39.1 Å². The van der Waals surface area contributed by atoms with Gasteiger partial charge in [-0.1, -0.05) is 62.2 Å². The number of amides is 7. The van der Waals surface area contributed by atoms with E-state index in [0.29, 0.717) is 37.2 Å². The minimum absolute atomic E-state index is 0.0364. The topological polar surface area (TPSA) is 463 Å². The Labute approximate surface area is 678 Å². The molecule has 15 bridgehead atoms. The molecular formula is C84H96Cl2N8O22. The summed E-state index contributed by atoms with van der Waals surface area (Å²) in [6.07, 6.45) is -11.2. The van der Waals surface area contributed by atoms with Crippen LogP contribution >= 0.6 is 23.2 Å². The maximum Gasteiger partial charge on any atom is 0.325 e. The second-order valence-electron chi connectivity index (χ2n) is 32.2. The minimum Gasteiger partial charge on any atom is -0.508 e. The largest absolute Gasteiger partial charge is 0.508 e. The number of likely N-dealkylation sites (N-methyl/N-ethyl adjacent to an activating group) is 1. The number of halogens is 2. The third-order valence-electron chi connectivity index (χ3n) is 23.4. The van der Waals surface area contributed by atoms with E-state index in [-0.39, 0.29) is 103 Å². The number of aromatic hydroxyl groups is 3. The summed E-state index contributed by atoms with van der Waals surface area (Å²) in [7, 11) is 3.75. The van der Waals surface area contributed by atoms with Gasteiger partial charge in [0.15, 0.2) is 28.8 Å². The summed E-state index contributed by atoms with van der Waals surface area (Å²) >= 11 is 14.3. The van der Waals surface area contributed by atoms with Crippen molar-refractivity contribution in [1.29, 1.82) is 0 Å². The van der Waals surface area contributed by atoms with Gasteiger partial charge in [-0.25, -0.2) is 4.79 Å². The number of carbonyl (C=O) groups is 9. The van der Waals surface area contributed by atoms with Crippen LogP contribution in [-0.4, -0.2) is 175 Å². The molecule has 0 radical (unpaired) electrons. The maximum atomic E-state index is 16.6. The first-order chi connectivity index (χ1) is 55.3. The van der Waals surface area contributed by atoms with E-state index in [9.17, 15) is 55.2 Å². The van der Waals surface area contributed by atoms with Crippen molar-refractivity contribution in [2.24, 2.45) is 53.1 Å². The molecule has 0 spiro atoms. The van der Waals surface area contributed by atoms with Crippen molar-refractivity contribution in [3.8, 4) is 62.9 Å². The molecule has 0 aromatic heterocycles. The van der Waals surface area contributed by atoms with Crippen LogP contribution in [0.1, 0.15) is 149 Å². The second-order valence-corrected chi connectivity index (χ2v) is 33.0. The number of rotatable bonds is 18. The number of aliphatic hydroxyl groups is 5. The predicted molar refractivity (Wildman–Crippen MR) is 419 cm³/mol. The van der Waals surface area contributed by atoms with Crippen LogP contribution in [0.3, 0.4) is 0 Å². The highest BCUT2D eigenvalue weighted by Crippen LogP contribution is 2.58. The number of anilines is 1. The Kier molecular flexibility index (Phi) is 25.7. The monoisotopic (exact) mass is 1640 g/mol. The third kappa shape index (κ3) is 18.4. The average molecular weight is 1640 g/mol. The Morgan fingerprint density at radius 1 is 0.664 bits per heavy atom. The van der Waals surface area contributed by atoms with Crippen LogP contribution in [0.25, 0.3) is 11.1 Å². The third-order valence-corrected chi connectivity index (χ3v) is 24.0. The van der Waals surface area contributed by atoms with E-state index < -0.39 is 198 Å². The first-order valence-corrected chi connectivity index (χ1v) is 39.8. The summed E-state index contributed by atoms with van der Waals surface area (Å²) in [4.78, 5) is 140. The minimum atomic E-state index is -2.21. The number of ketones is 3. The first-order valence-electron chi connectivity index (χ1n) is 39.0. The summed E-state index contributed by atoms with van der Waals surface area (Å²) < 4.78 is 31.6. The molecule has 32 heteroatoms. The number of aliphatic hydroxyl groups excluding tert-OH is 5. The van der Waals surface area contributed by atoms with E-state index in [1.165, 1.54) is 60.7 Å². The molecule has 7 amide bonds. The van der Waals surface area contributed by atoms with Gasteiger partial charge in [0.1, 0.15) is 102 Å². The number of hydrogen-bond donors (Lipinski definition) is 15. The number of ether oxygens (including phenoxy) is 5. The van der Waals surface area contributed by atoms with Crippen molar-refractivity contribution in [3.63, 3.8) is 0 Å². The molecule has 5 fully saturated rings. The number of fused-ring (bicyclic) bond motifs is 15. The number of carbonyl (C=O) groups excluding carboxylic acids is 9. The second kappa shape index (κ2) is 35.5. The van der Waals surface area contributed by atoms with Crippen LogP contribution < -0.4 is 56.6 Å². The van der Waals surface area contributed by atoms with Gasteiger partial charge in [-0.15, -0.1) is 0 Å². The molecule has 16 rings (SSSR count). The summed E-state index contributed by atoms with van der Waals surface area (Å²) in [6.45, 7) is 6.01. The van der Waals surface area contributed by atoms with Crippen molar-refractivity contribution >= 4 is 81.8 Å². The molecule has 6 aliphatic heterocycles. The molecule has 618 valence electrons. The lowest BCUT2D eigenvalue weighted by molar-refractivity contribution is -0.270. The SMILES string of the molecule is CC[C@H](CC(C)C)C(=O)N[C@H]1C(=O)C[C@@H](CC(=O)NC(=O)Nc2ccc(OCCN(C)C)cc2)C(=O)N[C@H]2C(=O)C[C@H]3C(=O)N[C@H](C(=O)N[C@H](C(=O)CC4C5CC6CC(C5)CC4C6)c4cc(O)cc(O)c4-c4cc3ccc4O)[C@H](O)c3ccc(c(Cl)c3)Oc3cc2cc(c3O[C@@H]2O[C@H](CN)[C@@H](O)[C@H](O)[C@H]2O)Oc2ccc(cc2Cl)[C@H]1O. The lowest BCUT2D eigenvalue weighted by Crippen LogP contribution is -2.60. The fraction of sp³-hybridized carbons (Fsp3) is 0.464. The highest BCUT2D eigenvalue weighted by molar-refractivity contribution is 6.32. The van der Waals surface area contributed by atoms with E-state index in [2.05, 4.69) is 31.9 Å². The Hall–Kier alpha value is -9.99. The van der Waals surface area contributed by atoms with Gasteiger partial charge in [0.25, 0.3) is 0 Å². The zero-order valence-electron chi connectivity index (χ0n) is 64.3. The van der Waals surface area contributed by atoms with Gasteiger partial charge in [0, 0.05) is 67.6 Å². The van der Waals surface area contributed by atoms with Crippen LogP contribution in [0.5, 0.6) is 51.7 Å². The van der Waals surface area contributed by atoms with E-state index >= 15 is 28.8 Å². The van der Waals surface area contributed by atoms with Crippen molar-refractivity contribution in [3.05, 3.63) is 141 Å². The van der Waals surface area contributed by atoms with Crippen LogP contribution in [0.2, 0.25) is 10.0 Å². The van der Waals surface area contributed by atoms with Gasteiger partial charge in [-0.05, 0) is 201 Å². The zero-order chi connectivity index (χ0) is 83.0. The molecule has 1 saturated heterocycles. The predicted octanol–water partition coefficient (Wildman–Crippen LogP) is 8.00. The lowest BCUT2D eigenvalue weighted by Gasteiger charge is -2.54. The van der Waals surface area contributed by atoms with Gasteiger partial charge < -0.3 is 102 Å². The number of phenolic OH excluding ortho intramolecular Hbond substituents is 3. The molecule has 6 heterocycles. The fourth-order valence-electron chi connectivity index (χ4n) is 17.6. The van der Waals surface area contributed by atoms with Gasteiger partial charge in [-0.2, -0.15) is 0 Å². The number of imide groups is 1. The first kappa shape index (κ1) is 83.9. The van der Waals surface area contributed by atoms with E-state index in [4.69, 9.17) is 52.6 Å². The summed E-state index contributed by atoms with van der Waals surface area (Å²) in [5.41, 5.74) is 4.66. The number of nitrogens with one attached hydrogen (secondary N) is 6. The Balaban J connectivity index is 0.981. The molecule has 30 nitrogen and oxygen atoms in total. The van der Waals surface area contributed by atoms with Crippen LogP contribution in [0, 0.1) is 47.3 Å². The van der Waals surface area contributed by atoms with E-state index in [0.717, 1.165) is 62.4 Å². The standard InChI is InChI=1S/C84H96Cl2N8O22/c1-6-40(19-37(2)3)79(107)92-71-59(98)28-47(31-67(101)89-84(111)88-48-10-12-50(13-11-48)112-18-17-94(4)5)80(108)90-69-46-29-64(113-62-15-8-42(73(71)102)26-55(62)85)78(116-83-77(106)76(105)75(104)66(36-87)115-83)65(30-46)114-63-16-9-43(27-56(63)86)74(103)72-82(110)91-70(61(100)34-51-44-21-38-20-39(23-44)24-45(51)22-38)54-32-49(95)33-58(97)68(54)53-25-41(7-14-57(53)96)52(35-60(69)99)81(109)93-72/h7-16,25-27,29-30,32-33,37-40,44-45,47,51-52,66,69-77,83,95-97,102-106H,6,17-24,28,31,34-36,87H2,1-5H3,(H,90,108)(H,91,110)(H,92,107)(H,93,109)(H2,88,89,101,111)/t38?,39?,40-,44?,45?,47+,51?,52-,66-,69-,70+,71+,72+,73-,74-,75-,76+,77-,83+/m1/s1. The highest BCUT2D eigenvalue weighted by atomic mass is 35.5. The quantitative estimate of drug-likeness (QED) is 0.0387. The van der Waals surface area contributed by atoms with Gasteiger partial charge in [0.05, 0.1) is 21.9 Å². The molecule has 10 aliphatic rings. The number of benzene rings is 6. The molecule has 6 aromatic carbocycles. The molecule has 6 aromatic rings. The molecule has 116 heavy (non-hydrogen) atoms. The van der Waals surface area contributed by atoms with Crippen molar-refractivity contribution in [1.82, 2.24) is 31.5 Å². The summed E-state index contributed by atoms with van der Waals surface area (Å²) in [6, 6.07) is 12.3. The Morgan fingerprint density at radius 3 is 1.91 bits per heavy atom. The normalized spacial score (nSPS) is 27.9.